The maximum absolute atomic E-state index is 5.49. The molecule has 0 saturated heterocycles. The van der Waals surface area contributed by atoms with Gasteiger partial charge in [-0.2, -0.15) is 5.10 Å². The Morgan fingerprint density at radius 1 is 0.821 bits per heavy atom. The third-order valence-corrected chi connectivity index (χ3v) is 4.63. The fraction of sp³-hybridized carbons (Fsp3) is 0.182. The van der Waals surface area contributed by atoms with E-state index in [4.69, 9.17) is 19.3 Å². The summed E-state index contributed by atoms with van der Waals surface area (Å²) in [4.78, 5) is 4.47. The number of benzene rings is 2. The zero-order chi connectivity index (χ0) is 19.7. The van der Waals surface area contributed by atoms with Crippen LogP contribution in [0.3, 0.4) is 0 Å². The lowest BCUT2D eigenvalue weighted by molar-refractivity contribution is 0.324. The van der Waals surface area contributed by atoms with Crippen LogP contribution in [0.5, 0.6) is 17.2 Å². The van der Waals surface area contributed by atoms with Crippen LogP contribution < -0.4 is 14.2 Å². The SMILES string of the molecule is COc1cc(-c2ccnc3cc(-c4cccc(C)c4)nn23)cc(OC)c1OC. The summed E-state index contributed by atoms with van der Waals surface area (Å²) in [5.41, 5.74) is 5.65. The fourth-order valence-electron chi connectivity index (χ4n) is 3.29. The lowest BCUT2D eigenvalue weighted by Gasteiger charge is -2.14. The second-order valence-electron chi connectivity index (χ2n) is 6.41. The molecule has 4 aromatic rings. The first kappa shape index (κ1) is 17.9. The highest BCUT2D eigenvalue weighted by Gasteiger charge is 2.17. The first-order valence-corrected chi connectivity index (χ1v) is 8.87. The predicted molar refractivity (Wildman–Crippen MR) is 108 cm³/mol. The average molecular weight is 375 g/mol. The minimum absolute atomic E-state index is 0.556. The summed E-state index contributed by atoms with van der Waals surface area (Å²) in [6, 6.07) is 16.0. The van der Waals surface area contributed by atoms with Crippen LogP contribution >= 0.6 is 0 Å². The summed E-state index contributed by atoms with van der Waals surface area (Å²) in [6.45, 7) is 2.07. The van der Waals surface area contributed by atoms with Gasteiger partial charge in [-0.15, -0.1) is 0 Å². The van der Waals surface area contributed by atoms with E-state index >= 15 is 0 Å². The molecule has 2 aromatic heterocycles. The molecule has 28 heavy (non-hydrogen) atoms. The molecule has 0 radical (unpaired) electrons. The lowest BCUT2D eigenvalue weighted by Crippen LogP contribution is -1.99. The van der Waals surface area contributed by atoms with Crippen molar-refractivity contribution in [3.8, 4) is 39.8 Å². The lowest BCUT2D eigenvalue weighted by atomic mass is 10.1. The molecule has 0 fully saturated rings. The van der Waals surface area contributed by atoms with E-state index in [0.717, 1.165) is 28.2 Å². The van der Waals surface area contributed by atoms with Gasteiger partial charge in [-0.3, -0.25) is 0 Å². The van der Waals surface area contributed by atoms with E-state index in [2.05, 4.69) is 24.0 Å². The van der Waals surface area contributed by atoms with Crippen molar-refractivity contribution in [1.82, 2.24) is 14.6 Å². The first-order valence-electron chi connectivity index (χ1n) is 8.87. The number of nitrogens with zero attached hydrogens (tertiary/aromatic N) is 3. The molecule has 0 bridgehead atoms. The predicted octanol–water partition coefficient (Wildman–Crippen LogP) is 4.40. The molecule has 2 aromatic carbocycles. The standard InChI is InChI=1S/C22H21N3O3/c1-14-6-5-7-15(10-14)17-13-21-23-9-8-18(25(21)24-17)16-11-19(26-2)22(28-4)20(12-16)27-3/h5-13H,1-4H3. The van der Waals surface area contributed by atoms with Gasteiger partial charge in [0.25, 0.3) is 0 Å². The van der Waals surface area contributed by atoms with Gasteiger partial charge >= 0.3 is 0 Å². The topological polar surface area (TPSA) is 57.9 Å². The second kappa shape index (κ2) is 7.23. The Bertz CT molecular complexity index is 1130. The van der Waals surface area contributed by atoms with Crippen LogP contribution in [0.15, 0.2) is 54.7 Å². The van der Waals surface area contributed by atoms with Crippen molar-refractivity contribution in [3.63, 3.8) is 0 Å². The molecule has 4 rings (SSSR count). The highest BCUT2D eigenvalue weighted by Crippen LogP contribution is 2.41. The van der Waals surface area contributed by atoms with E-state index in [1.807, 2.05) is 40.9 Å². The molecule has 6 heteroatoms. The molecule has 0 spiro atoms. The van der Waals surface area contributed by atoms with Crippen LogP contribution in [0.25, 0.3) is 28.2 Å². The summed E-state index contributed by atoms with van der Waals surface area (Å²) in [7, 11) is 4.80. The number of hydrogen-bond donors (Lipinski definition) is 0. The van der Waals surface area contributed by atoms with Crippen molar-refractivity contribution in [2.45, 2.75) is 6.92 Å². The van der Waals surface area contributed by atoms with Crippen LogP contribution in [0.4, 0.5) is 0 Å². The average Bonchev–Trinajstić information content (AvgIpc) is 3.17. The van der Waals surface area contributed by atoms with Crippen LogP contribution in [-0.2, 0) is 0 Å². The van der Waals surface area contributed by atoms with Gasteiger partial charge in [0.05, 0.1) is 32.7 Å². The van der Waals surface area contributed by atoms with Gasteiger partial charge in [0, 0.05) is 23.4 Å². The monoisotopic (exact) mass is 375 g/mol. The van der Waals surface area contributed by atoms with Gasteiger partial charge in [0.15, 0.2) is 17.1 Å². The van der Waals surface area contributed by atoms with E-state index in [1.54, 1.807) is 27.5 Å². The zero-order valence-corrected chi connectivity index (χ0v) is 16.3. The van der Waals surface area contributed by atoms with Crippen molar-refractivity contribution >= 4 is 5.65 Å². The molecule has 0 unspecified atom stereocenters. The van der Waals surface area contributed by atoms with Gasteiger partial charge in [0.2, 0.25) is 5.75 Å². The number of aromatic nitrogens is 3. The number of methoxy groups -OCH3 is 3. The molecule has 6 nitrogen and oxygen atoms in total. The summed E-state index contributed by atoms with van der Waals surface area (Å²) in [5.74, 6) is 1.74. The number of rotatable bonds is 5. The van der Waals surface area contributed by atoms with Gasteiger partial charge in [-0.25, -0.2) is 9.50 Å². The zero-order valence-electron chi connectivity index (χ0n) is 16.3. The Morgan fingerprint density at radius 2 is 1.57 bits per heavy atom. The molecular formula is C22H21N3O3. The minimum Gasteiger partial charge on any atom is -0.493 e. The molecule has 2 heterocycles. The maximum Gasteiger partial charge on any atom is 0.203 e. The van der Waals surface area contributed by atoms with Gasteiger partial charge < -0.3 is 14.2 Å². The molecule has 142 valence electrons. The molecule has 0 aliphatic rings. The van der Waals surface area contributed by atoms with Crippen molar-refractivity contribution < 1.29 is 14.2 Å². The largest absolute Gasteiger partial charge is 0.493 e. The van der Waals surface area contributed by atoms with E-state index in [-0.39, 0.29) is 0 Å². The molecule has 0 aliphatic heterocycles. The number of ether oxygens (including phenoxy) is 3. The Labute approximate surface area is 163 Å². The number of hydrogen-bond acceptors (Lipinski definition) is 5. The smallest absolute Gasteiger partial charge is 0.203 e. The molecule has 0 atom stereocenters. The Kier molecular flexibility index (Phi) is 4.61. The van der Waals surface area contributed by atoms with Crippen molar-refractivity contribution in [2.24, 2.45) is 0 Å². The summed E-state index contributed by atoms with van der Waals surface area (Å²) < 4.78 is 18.2. The normalized spacial score (nSPS) is 10.9. The Balaban J connectivity index is 1.90. The summed E-state index contributed by atoms with van der Waals surface area (Å²) in [6.07, 6.45) is 1.77. The molecule has 0 saturated carbocycles. The quantitative estimate of drug-likeness (QED) is 0.518. The maximum atomic E-state index is 5.49. The van der Waals surface area contributed by atoms with Crippen molar-refractivity contribution in [3.05, 3.63) is 60.3 Å². The Hall–Kier alpha value is -3.54. The summed E-state index contributed by atoms with van der Waals surface area (Å²) in [5, 5.41) is 4.80. The fourth-order valence-corrected chi connectivity index (χ4v) is 3.29. The highest BCUT2D eigenvalue weighted by molar-refractivity contribution is 5.72. The van der Waals surface area contributed by atoms with Crippen LogP contribution in [0.1, 0.15) is 5.56 Å². The molecule has 0 amide bonds. The van der Waals surface area contributed by atoms with Crippen molar-refractivity contribution in [1.29, 1.82) is 0 Å². The van der Waals surface area contributed by atoms with Crippen LogP contribution in [-0.4, -0.2) is 35.9 Å². The molecular weight excluding hydrogens is 354 g/mol. The highest BCUT2D eigenvalue weighted by atomic mass is 16.5. The summed E-state index contributed by atoms with van der Waals surface area (Å²) >= 11 is 0. The van der Waals surface area contributed by atoms with E-state index in [0.29, 0.717) is 17.2 Å². The van der Waals surface area contributed by atoms with E-state index in [9.17, 15) is 0 Å². The number of fused-ring (bicyclic) bond motifs is 1. The third-order valence-electron chi connectivity index (χ3n) is 4.63. The first-order chi connectivity index (χ1) is 13.6. The molecule has 0 aliphatic carbocycles. The number of aryl methyl sites for hydroxylation is 1. The molecule has 0 N–H and O–H groups in total. The Morgan fingerprint density at radius 3 is 2.21 bits per heavy atom. The van der Waals surface area contributed by atoms with Crippen molar-refractivity contribution in [2.75, 3.05) is 21.3 Å². The minimum atomic E-state index is 0.556. The van der Waals surface area contributed by atoms with Crippen LogP contribution in [0.2, 0.25) is 0 Å². The second-order valence-corrected chi connectivity index (χ2v) is 6.41. The van der Waals surface area contributed by atoms with E-state index < -0.39 is 0 Å². The van der Waals surface area contributed by atoms with Gasteiger partial charge in [0.1, 0.15) is 0 Å². The van der Waals surface area contributed by atoms with Gasteiger partial charge in [-0.1, -0.05) is 23.8 Å². The van der Waals surface area contributed by atoms with E-state index in [1.165, 1.54) is 5.56 Å². The van der Waals surface area contributed by atoms with Gasteiger partial charge in [-0.05, 0) is 31.2 Å². The van der Waals surface area contributed by atoms with Crippen LogP contribution in [0, 0.1) is 6.92 Å². The third kappa shape index (κ3) is 3.03.